The number of thioether (sulfide) groups is 1. The fourth-order valence-corrected chi connectivity index (χ4v) is 5.05. The van der Waals surface area contributed by atoms with Gasteiger partial charge in [-0.05, 0) is 19.1 Å². The van der Waals surface area contributed by atoms with E-state index in [9.17, 15) is 8.42 Å². The first-order chi connectivity index (χ1) is 8.03. The Morgan fingerprint density at radius 2 is 2.24 bits per heavy atom. The molecule has 6 nitrogen and oxygen atoms in total. The lowest BCUT2D eigenvalue weighted by molar-refractivity contribution is 0.553. The molecular formula is C8H14N4O2S3. The second-order valence-electron chi connectivity index (χ2n) is 3.84. The molecule has 96 valence electrons. The molecule has 1 aliphatic rings. The molecule has 0 amide bonds. The van der Waals surface area contributed by atoms with Crippen LogP contribution < -0.4 is 10.5 Å². The van der Waals surface area contributed by atoms with Crippen molar-refractivity contribution in [2.45, 2.75) is 34.9 Å². The largest absolute Gasteiger partial charge is 0.374 e. The Kier molecular flexibility index (Phi) is 3.91. The summed E-state index contributed by atoms with van der Waals surface area (Å²) in [6.07, 6.45) is 4.98. The molecule has 9 heteroatoms. The molecule has 1 aromatic rings. The summed E-state index contributed by atoms with van der Waals surface area (Å²) < 4.78 is 26.6. The number of nitrogen functional groups attached to an aromatic ring is 1. The maximum absolute atomic E-state index is 12.0. The monoisotopic (exact) mass is 294 g/mol. The van der Waals surface area contributed by atoms with Gasteiger partial charge in [-0.3, -0.25) is 0 Å². The Morgan fingerprint density at radius 3 is 2.82 bits per heavy atom. The highest BCUT2D eigenvalue weighted by molar-refractivity contribution is 7.99. The molecule has 2 atom stereocenters. The van der Waals surface area contributed by atoms with Crippen LogP contribution in [0.1, 0.15) is 19.3 Å². The van der Waals surface area contributed by atoms with Gasteiger partial charge in [-0.1, -0.05) is 17.8 Å². The van der Waals surface area contributed by atoms with E-state index >= 15 is 0 Å². The lowest BCUT2D eigenvalue weighted by Gasteiger charge is -2.17. The van der Waals surface area contributed by atoms with E-state index in [1.807, 2.05) is 6.26 Å². The summed E-state index contributed by atoms with van der Waals surface area (Å²) in [6, 6.07) is -0.0138. The second-order valence-corrected chi connectivity index (χ2v) is 7.81. The fourth-order valence-electron chi connectivity index (χ4n) is 1.92. The number of sulfonamides is 1. The van der Waals surface area contributed by atoms with Crippen molar-refractivity contribution in [1.82, 2.24) is 14.9 Å². The van der Waals surface area contributed by atoms with Crippen molar-refractivity contribution in [2.75, 3.05) is 12.0 Å². The first kappa shape index (κ1) is 13.1. The van der Waals surface area contributed by atoms with Gasteiger partial charge < -0.3 is 5.73 Å². The standard InChI is InChI=1S/C8H14N4O2S3/c1-15-6-4-2-3-5(6)12-17(13,14)8-11-10-7(9)16-8/h5-6,12H,2-4H2,1H3,(H2,9,10). The van der Waals surface area contributed by atoms with Crippen LogP contribution in [-0.4, -0.2) is 36.2 Å². The van der Waals surface area contributed by atoms with E-state index < -0.39 is 10.0 Å². The Hall–Kier alpha value is -0.380. The maximum Gasteiger partial charge on any atom is 0.270 e. The van der Waals surface area contributed by atoms with Gasteiger partial charge in [0.2, 0.25) is 9.47 Å². The third-order valence-electron chi connectivity index (χ3n) is 2.71. The summed E-state index contributed by atoms with van der Waals surface area (Å²) in [5.74, 6) is 0. The third-order valence-corrected chi connectivity index (χ3v) is 6.49. The highest BCUT2D eigenvalue weighted by Crippen LogP contribution is 2.29. The van der Waals surface area contributed by atoms with Gasteiger partial charge >= 0.3 is 0 Å². The van der Waals surface area contributed by atoms with E-state index in [4.69, 9.17) is 5.73 Å². The first-order valence-corrected chi connectivity index (χ1v) is 8.76. The van der Waals surface area contributed by atoms with Crippen LogP contribution in [0.2, 0.25) is 0 Å². The van der Waals surface area contributed by atoms with Gasteiger partial charge in [0.1, 0.15) is 0 Å². The van der Waals surface area contributed by atoms with Crippen molar-refractivity contribution in [3.05, 3.63) is 0 Å². The van der Waals surface area contributed by atoms with Gasteiger partial charge in [-0.15, -0.1) is 10.2 Å². The van der Waals surface area contributed by atoms with Gasteiger partial charge in [0.05, 0.1) is 0 Å². The topological polar surface area (TPSA) is 98.0 Å². The molecule has 0 radical (unpaired) electrons. The van der Waals surface area contributed by atoms with Gasteiger partial charge in [0, 0.05) is 11.3 Å². The van der Waals surface area contributed by atoms with E-state index in [-0.39, 0.29) is 15.5 Å². The smallest absolute Gasteiger partial charge is 0.270 e. The van der Waals surface area contributed by atoms with Crippen molar-refractivity contribution in [3.8, 4) is 0 Å². The molecule has 0 bridgehead atoms. The molecule has 2 unspecified atom stereocenters. The molecule has 1 aliphatic carbocycles. The average molecular weight is 294 g/mol. The summed E-state index contributed by atoms with van der Waals surface area (Å²) in [5.41, 5.74) is 5.39. The van der Waals surface area contributed by atoms with E-state index in [1.54, 1.807) is 11.8 Å². The van der Waals surface area contributed by atoms with Crippen LogP contribution in [0.3, 0.4) is 0 Å². The molecule has 0 saturated heterocycles. The molecule has 0 spiro atoms. The van der Waals surface area contributed by atoms with E-state index in [2.05, 4.69) is 14.9 Å². The van der Waals surface area contributed by atoms with Crippen molar-refractivity contribution < 1.29 is 8.42 Å². The number of nitrogens with two attached hydrogens (primary N) is 1. The lowest BCUT2D eigenvalue weighted by atomic mass is 10.3. The van der Waals surface area contributed by atoms with E-state index in [1.165, 1.54) is 0 Å². The minimum absolute atomic E-state index is 0.0138. The zero-order chi connectivity index (χ0) is 12.5. The third kappa shape index (κ3) is 2.90. The number of anilines is 1. The SMILES string of the molecule is CSC1CCCC1NS(=O)(=O)c1nnc(N)s1. The minimum Gasteiger partial charge on any atom is -0.374 e. The minimum atomic E-state index is -3.56. The Morgan fingerprint density at radius 1 is 1.47 bits per heavy atom. The van der Waals surface area contributed by atoms with Gasteiger partial charge in [-0.2, -0.15) is 11.8 Å². The van der Waals surface area contributed by atoms with Crippen LogP contribution in [0.5, 0.6) is 0 Å². The molecule has 3 N–H and O–H groups in total. The summed E-state index contributed by atoms with van der Waals surface area (Å²) >= 11 is 2.58. The molecule has 1 aromatic heterocycles. The van der Waals surface area contributed by atoms with Gasteiger partial charge in [-0.25, -0.2) is 13.1 Å². The molecule has 1 heterocycles. The van der Waals surface area contributed by atoms with Crippen molar-refractivity contribution in [3.63, 3.8) is 0 Å². The fraction of sp³-hybridized carbons (Fsp3) is 0.750. The molecule has 2 rings (SSSR count). The van der Waals surface area contributed by atoms with Crippen LogP contribution in [-0.2, 0) is 10.0 Å². The highest BCUT2D eigenvalue weighted by atomic mass is 32.2. The molecular weight excluding hydrogens is 280 g/mol. The molecule has 0 aromatic carbocycles. The van der Waals surface area contributed by atoms with Crippen molar-refractivity contribution in [2.24, 2.45) is 0 Å². The number of nitrogens with one attached hydrogen (secondary N) is 1. The predicted molar refractivity (Wildman–Crippen MR) is 69.6 cm³/mol. The summed E-state index contributed by atoms with van der Waals surface area (Å²) in [5, 5.41) is 7.59. The summed E-state index contributed by atoms with van der Waals surface area (Å²) in [6.45, 7) is 0. The second kappa shape index (κ2) is 5.09. The van der Waals surface area contributed by atoms with Crippen LogP contribution in [0.15, 0.2) is 4.34 Å². The predicted octanol–water partition coefficient (Wildman–Crippen LogP) is 0.683. The molecule has 0 aliphatic heterocycles. The lowest BCUT2D eigenvalue weighted by Crippen LogP contribution is -2.38. The van der Waals surface area contributed by atoms with Crippen molar-refractivity contribution in [1.29, 1.82) is 0 Å². The highest BCUT2D eigenvalue weighted by Gasteiger charge is 2.32. The maximum atomic E-state index is 12.0. The Labute approximate surface area is 108 Å². The number of aromatic nitrogens is 2. The normalized spacial score (nSPS) is 25.2. The van der Waals surface area contributed by atoms with Gasteiger partial charge in [0.25, 0.3) is 10.0 Å². The summed E-state index contributed by atoms with van der Waals surface area (Å²) in [7, 11) is -3.56. The first-order valence-electron chi connectivity index (χ1n) is 5.17. The quantitative estimate of drug-likeness (QED) is 0.847. The molecule has 1 saturated carbocycles. The number of rotatable bonds is 4. The van der Waals surface area contributed by atoms with Crippen LogP contribution >= 0.6 is 23.1 Å². The zero-order valence-electron chi connectivity index (χ0n) is 9.29. The molecule has 1 fully saturated rings. The number of nitrogens with zero attached hydrogens (tertiary/aromatic N) is 2. The Bertz CT molecular complexity index is 487. The summed E-state index contributed by atoms with van der Waals surface area (Å²) in [4.78, 5) is 0. The van der Waals surface area contributed by atoms with E-state index in [0.717, 1.165) is 30.6 Å². The van der Waals surface area contributed by atoms with Crippen LogP contribution in [0, 0.1) is 0 Å². The van der Waals surface area contributed by atoms with Crippen molar-refractivity contribution >= 4 is 38.3 Å². The van der Waals surface area contributed by atoms with Crippen LogP contribution in [0.25, 0.3) is 0 Å². The molecule has 17 heavy (non-hydrogen) atoms. The average Bonchev–Trinajstić information content (AvgIpc) is 2.86. The van der Waals surface area contributed by atoms with Crippen LogP contribution in [0.4, 0.5) is 5.13 Å². The number of hydrogen-bond donors (Lipinski definition) is 2. The van der Waals surface area contributed by atoms with Gasteiger partial charge in [0.15, 0.2) is 0 Å². The zero-order valence-corrected chi connectivity index (χ0v) is 11.7. The Balaban J connectivity index is 2.12. The van der Waals surface area contributed by atoms with E-state index in [0.29, 0.717) is 5.25 Å². The number of hydrogen-bond acceptors (Lipinski definition) is 7.